The highest BCUT2D eigenvalue weighted by Gasteiger charge is 2.08. The Morgan fingerprint density at radius 1 is 1.29 bits per heavy atom. The van der Waals surface area contributed by atoms with E-state index in [0.29, 0.717) is 11.3 Å². The molecule has 1 aromatic heterocycles. The zero-order valence-corrected chi connectivity index (χ0v) is 10.5. The number of rotatable bonds is 2. The zero-order valence-electron chi connectivity index (χ0n) is 9.65. The Kier molecular flexibility index (Phi) is 3.15. The van der Waals surface area contributed by atoms with Gasteiger partial charge in [0.1, 0.15) is 5.75 Å². The summed E-state index contributed by atoms with van der Waals surface area (Å²) < 4.78 is 0. The summed E-state index contributed by atoms with van der Waals surface area (Å²) in [4.78, 5) is 11.8. The Bertz CT molecular complexity index is 524. The van der Waals surface area contributed by atoms with Crippen LogP contribution in [0.5, 0.6) is 5.75 Å². The van der Waals surface area contributed by atoms with Crippen LogP contribution in [0.4, 0.5) is 5.69 Å². The number of benzene rings is 1. The van der Waals surface area contributed by atoms with Crippen molar-refractivity contribution in [3.05, 3.63) is 45.6 Å². The molecule has 3 nitrogen and oxygen atoms in total. The van der Waals surface area contributed by atoms with Crippen molar-refractivity contribution in [3.8, 4) is 5.75 Å². The van der Waals surface area contributed by atoms with Crippen LogP contribution in [0.3, 0.4) is 0 Å². The molecule has 2 rings (SSSR count). The maximum atomic E-state index is 11.8. The second kappa shape index (κ2) is 4.59. The first-order chi connectivity index (χ1) is 8.08. The smallest absolute Gasteiger partial charge is 0.256 e. The van der Waals surface area contributed by atoms with Crippen molar-refractivity contribution >= 4 is 22.9 Å². The fourth-order valence-electron chi connectivity index (χ4n) is 1.62. The van der Waals surface area contributed by atoms with E-state index in [1.165, 1.54) is 11.3 Å². The molecule has 88 valence electrons. The third kappa shape index (κ3) is 2.47. The number of hydrogen-bond donors (Lipinski definition) is 2. The Labute approximate surface area is 104 Å². The number of aromatic hydroxyl groups is 1. The average molecular weight is 247 g/mol. The number of phenolic OH excluding ortho intramolecular Hbond substituents is 1. The van der Waals surface area contributed by atoms with E-state index in [9.17, 15) is 9.90 Å². The fraction of sp³-hybridized carbons (Fsp3) is 0.154. The normalized spacial score (nSPS) is 10.2. The highest BCUT2D eigenvalue weighted by molar-refractivity contribution is 7.08. The summed E-state index contributed by atoms with van der Waals surface area (Å²) in [6.45, 7) is 3.62. The summed E-state index contributed by atoms with van der Waals surface area (Å²) in [6.07, 6.45) is 0. The van der Waals surface area contributed by atoms with Crippen molar-refractivity contribution in [1.29, 1.82) is 0 Å². The lowest BCUT2D eigenvalue weighted by Crippen LogP contribution is -2.11. The molecule has 0 aliphatic heterocycles. The first kappa shape index (κ1) is 11.7. The van der Waals surface area contributed by atoms with Crippen LogP contribution in [-0.4, -0.2) is 11.0 Å². The van der Waals surface area contributed by atoms with Gasteiger partial charge in [-0.1, -0.05) is 0 Å². The lowest BCUT2D eigenvalue weighted by molar-refractivity contribution is 0.102. The molecule has 0 spiro atoms. The van der Waals surface area contributed by atoms with Gasteiger partial charge in [-0.05, 0) is 48.6 Å². The van der Waals surface area contributed by atoms with E-state index < -0.39 is 0 Å². The minimum Gasteiger partial charge on any atom is -0.507 e. The number of nitrogens with one attached hydrogen (secondary N) is 1. The third-order valence-electron chi connectivity index (χ3n) is 2.53. The van der Waals surface area contributed by atoms with Gasteiger partial charge in [0.25, 0.3) is 5.91 Å². The highest BCUT2D eigenvalue weighted by atomic mass is 32.1. The van der Waals surface area contributed by atoms with Gasteiger partial charge >= 0.3 is 0 Å². The van der Waals surface area contributed by atoms with Crippen molar-refractivity contribution in [2.45, 2.75) is 13.8 Å². The number of aryl methyl sites for hydroxylation is 2. The molecule has 0 radical (unpaired) electrons. The molecule has 0 bridgehead atoms. The van der Waals surface area contributed by atoms with Gasteiger partial charge < -0.3 is 10.4 Å². The van der Waals surface area contributed by atoms with Crippen LogP contribution < -0.4 is 5.32 Å². The number of carbonyl (C=O) groups is 1. The number of anilines is 1. The van der Waals surface area contributed by atoms with E-state index in [0.717, 1.165) is 11.1 Å². The summed E-state index contributed by atoms with van der Waals surface area (Å²) in [6, 6.07) is 5.29. The Balaban J connectivity index is 2.22. The predicted octanol–water partition coefficient (Wildman–Crippen LogP) is 3.32. The maximum absolute atomic E-state index is 11.8. The second-order valence-corrected chi connectivity index (χ2v) is 4.70. The third-order valence-corrected chi connectivity index (χ3v) is 3.22. The number of carbonyl (C=O) groups excluding carboxylic acids is 1. The Hall–Kier alpha value is -1.81. The molecule has 1 aromatic carbocycles. The van der Waals surface area contributed by atoms with Gasteiger partial charge in [0.2, 0.25) is 0 Å². The van der Waals surface area contributed by atoms with Gasteiger partial charge in [0.05, 0.1) is 5.56 Å². The van der Waals surface area contributed by atoms with E-state index in [-0.39, 0.29) is 11.7 Å². The molecule has 0 fully saturated rings. The monoisotopic (exact) mass is 247 g/mol. The van der Waals surface area contributed by atoms with Gasteiger partial charge in [0.15, 0.2) is 0 Å². The van der Waals surface area contributed by atoms with E-state index in [1.54, 1.807) is 23.6 Å². The molecule has 0 aliphatic rings. The topological polar surface area (TPSA) is 49.3 Å². The predicted molar refractivity (Wildman–Crippen MR) is 69.9 cm³/mol. The van der Waals surface area contributed by atoms with Crippen LogP contribution in [0.15, 0.2) is 29.0 Å². The minimum absolute atomic E-state index is 0.129. The van der Waals surface area contributed by atoms with Crippen molar-refractivity contribution in [2.24, 2.45) is 0 Å². The largest absolute Gasteiger partial charge is 0.507 e. The summed E-state index contributed by atoms with van der Waals surface area (Å²) in [7, 11) is 0. The highest BCUT2D eigenvalue weighted by Crippen LogP contribution is 2.25. The Morgan fingerprint density at radius 3 is 2.47 bits per heavy atom. The van der Waals surface area contributed by atoms with Gasteiger partial charge in [-0.15, -0.1) is 0 Å². The zero-order chi connectivity index (χ0) is 12.4. The fourth-order valence-corrected chi connectivity index (χ4v) is 2.26. The van der Waals surface area contributed by atoms with Gasteiger partial charge in [-0.2, -0.15) is 11.3 Å². The number of thiophene rings is 1. The Morgan fingerprint density at radius 2 is 1.94 bits per heavy atom. The summed E-state index contributed by atoms with van der Waals surface area (Å²) in [5.74, 6) is 0.147. The van der Waals surface area contributed by atoms with E-state index >= 15 is 0 Å². The molecule has 0 unspecified atom stereocenters. The summed E-state index contributed by atoms with van der Waals surface area (Å²) in [5, 5.41) is 16.1. The van der Waals surface area contributed by atoms with Crippen molar-refractivity contribution in [1.82, 2.24) is 0 Å². The first-order valence-corrected chi connectivity index (χ1v) is 6.16. The average Bonchev–Trinajstić information content (AvgIpc) is 2.79. The minimum atomic E-state index is -0.129. The molecule has 0 aliphatic carbocycles. The molecule has 0 saturated carbocycles. The molecular weight excluding hydrogens is 234 g/mol. The van der Waals surface area contributed by atoms with Crippen molar-refractivity contribution in [3.63, 3.8) is 0 Å². The molecular formula is C13H13NO2S. The number of phenols is 1. The standard InChI is InChI=1S/C13H13NO2S/c1-8-5-11(6-9(2)12(8)15)14-13(16)10-3-4-17-7-10/h3-7,15H,1-2H3,(H,14,16). The van der Waals surface area contributed by atoms with E-state index in [1.807, 2.05) is 19.2 Å². The van der Waals surface area contributed by atoms with Crippen LogP contribution in [0.25, 0.3) is 0 Å². The molecule has 0 atom stereocenters. The molecule has 4 heteroatoms. The number of hydrogen-bond acceptors (Lipinski definition) is 3. The van der Waals surface area contributed by atoms with Crippen LogP contribution in [0.1, 0.15) is 21.5 Å². The summed E-state index contributed by atoms with van der Waals surface area (Å²) in [5.41, 5.74) is 2.86. The quantitative estimate of drug-likeness (QED) is 0.800. The van der Waals surface area contributed by atoms with Crippen LogP contribution in [0.2, 0.25) is 0 Å². The van der Waals surface area contributed by atoms with Crippen LogP contribution >= 0.6 is 11.3 Å². The lowest BCUT2D eigenvalue weighted by Gasteiger charge is -2.08. The maximum Gasteiger partial charge on any atom is 0.256 e. The van der Waals surface area contributed by atoms with Gasteiger partial charge in [-0.3, -0.25) is 4.79 Å². The van der Waals surface area contributed by atoms with Crippen molar-refractivity contribution in [2.75, 3.05) is 5.32 Å². The lowest BCUT2D eigenvalue weighted by atomic mass is 10.1. The van der Waals surface area contributed by atoms with Crippen molar-refractivity contribution < 1.29 is 9.90 Å². The molecule has 17 heavy (non-hydrogen) atoms. The van der Waals surface area contributed by atoms with Crippen LogP contribution in [0, 0.1) is 13.8 Å². The SMILES string of the molecule is Cc1cc(NC(=O)c2ccsc2)cc(C)c1O. The van der Waals surface area contributed by atoms with Gasteiger partial charge in [0, 0.05) is 11.1 Å². The van der Waals surface area contributed by atoms with Gasteiger partial charge in [-0.25, -0.2) is 0 Å². The summed E-state index contributed by atoms with van der Waals surface area (Å²) >= 11 is 1.49. The van der Waals surface area contributed by atoms with E-state index in [4.69, 9.17) is 0 Å². The second-order valence-electron chi connectivity index (χ2n) is 3.92. The molecule has 2 N–H and O–H groups in total. The number of amides is 1. The van der Waals surface area contributed by atoms with Crippen LogP contribution in [-0.2, 0) is 0 Å². The molecule has 2 aromatic rings. The molecule has 0 saturated heterocycles. The first-order valence-electron chi connectivity index (χ1n) is 5.21. The molecule has 1 heterocycles. The molecule has 1 amide bonds. The van der Waals surface area contributed by atoms with E-state index in [2.05, 4.69) is 5.32 Å².